The van der Waals surface area contributed by atoms with Gasteiger partial charge in [0.25, 0.3) is 0 Å². The van der Waals surface area contributed by atoms with E-state index in [0.29, 0.717) is 0 Å². The van der Waals surface area contributed by atoms with Crippen molar-refractivity contribution in [2.24, 2.45) is 5.92 Å². The Kier molecular flexibility index (Phi) is 9.79. The quantitative estimate of drug-likeness (QED) is 0.533. The van der Waals surface area contributed by atoms with Gasteiger partial charge in [-0.1, -0.05) is 20.8 Å². The van der Waals surface area contributed by atoms with Crippen LogP contribution in [0.5, 0.6) is 0 Å². The van der Waals surface area contributed by atoms with Crippen LogP contribution in [0.3, 0.4) is 0 Å². The summed E-state index contributed by atoms with van der Waals surface area (Å²) >= 11 is 0. The molecule has 0 aromatic heterocycles. The van der Waals surface area contributed by atoms with Gasteiger partial charge in [0.05, 0.1) is 0 Å². The average Bonchev–Trinajstić information content (AvgIpc) is 2.40. The van der Waals surface area contributed by atoms with Crippen LogP contribution in [-0.2, 0) is 4.74 Å². The number of hydrogen-bond acceptors (Lipinski definition) is 1. The van der Waals surface area contributed by atoms with Crippen LogP contribution < -0.4 is 0 Å². The van der Waals surface area contributed by atoms with Crippen molar-refractivity contribution >= 4 is 8.58 Å². The highest BCUT2D eigenvalue weighted by atomic mass is 31.1. The second-order valence-electron chi connectivity index (χ2n) is 3.06. The maximum Gasteiger partial charge on any atom is 0.0488 e. The molecule has 0 aromatic rings. The summed E-state index contributed by atoms with van der Waals surface area (Å²) < 4.78 is 4.72. The van der Waals surface area contributed by atoms with Crippen LogP contribution in [0.1, 0.15) is 33.6 Å². The standard InChI is InChI=1S/C5H11P.C3H6O.C2H6/c1-5-2-3-6-4-5;1-2-4-3-1;1-2/h5-6H,2-4H2,1H3;1-3H2;1-2H3. The minimum Gasteiger partial charge on any atom is -0.381 e. The molecule has 0 amide bonds. The lowest BCUT2D eigenvalue weighted by atomic mass is 10.2. The molecule has 74 valence electrons. The van der Waals surface area contributed by atoms with Gasteiger partial charge < -0.3 is 4.74 Å². The SMILES string of the molecule is C1COC1.CC.CC1CCPC1. The molecular weight excluding hydrogens is 167 g/mol. The summed E-state index contributed by atoms with van der Waals surface area (Å²) in [6, 6.07) is 0. The van der Waals surface area contributed by atoms with Crippen molar-refractivity contribution in [3.8, 4) is 0 Å². The lowest BCUT2D eigenvalue weighted by Gasteiger charge is -2.09. The van der Waals surface area contributed by atoms with E-state index in [4.69, 9.17) is 4.74 Å². The first-order chi connectivity index (χ1) is 5.89. The zero-order valence-corrected chi connectivity index (χ0v) is 9.73. The van der Waals surface area contributed by atoms with Gasteiger partial charge in [0.2, 0.25) is 0 Å². The predicted octanol–water partition coefficient (Wildman–Crippen LogP) is 3.14. The minimum atomic E-state index is 1.00. The number of rotatable bonds is 0. The largest absolute Gasteiger partial charge is 0.381 e. The molecule has 1 nitrogen and oxygen atoms in total. The lowest BCUT2D eigenvalue weighted by Crippen LogP contribution is -2.09. The van der Waals surface area contributed by atoms with E-state index in [2.05, 4.69) is 6.92 Å². The van der Waals surface area contributed by atoms with Crippen LogP contribution in [-0.4, -0.2) is 25.5 Å². The minimum absolute atomic E-state index is 1.00. The molecule has 2 heterocycles. The fourth-order valence-corrected chi connectivity index (χ4v) is 2.54. The molecule has 2 heteroatoms. The van der Waals surface area contributed by atoms with Gasteiger partial charge in [-0.05, 0) is 31.1 Å². The summed E-state index contributed by atoms with van der Waals surface area (Å²) in [7, 11) is 1.29. The van der Waals surface area contributed by atoms with Crippen molar-refractivity contribution in [2.45, 2.75) is 33.6 Å². The molecule has 0 bridgehead atoms. The van der Waals surface area contributed by atoms with E-state index in [9.17, 15) is 0 Å². The highest BCUT2D eigenvalue weighted by molar-refractivity contribution is 7.38. The Balaban J connectivity index is 0.000000176. The van der Waals surface area contributed by atoms with E-state index >= 15 is 0 Å². The first kappa shape index (κ1) is 12.4. The summed E-state index contributed by atoms with van der Waals surface area (Å²) in [4.78, 5) is 0. The van der Waals surface area contributed by atoms with Crippen LogP contribution in [0.25, 0.3) is 0 Å². The second-order valence-corrected chi connectivity index (χ2v) is 4.47. The fraction of sp³-hybridized carbons (Fsp3) is 1.00. The van der Waals surface area contributed by atoms with Crippen molar-refractivity contribution in [3.63, 3.8) is 0 Å². The van der Waals surface area contributed by atoms with Crippen molar-refractivity contribution in [3.05, 3.63) is 0 Å². The van der Waals surface area contributed by atoms with Crippen LogP contribution in [0.4, 0.5) is 0 Å². The summed E-state index contributed by atoms with van der Waals surface area (Å²) in [6.45, 7) is 8.35. The Bertz CT molecular complexity index is 71.9. The summed E-state index contributed by atoms with van der Waals surface area (Å²) in [5, 5.41) is 0. The first-order valence-corrected chi connectivity index (χ1v) is 6.59. The van der Waals surface area contributed by atoms with Crippen molar-refractivity contribution in [1.29, 1.82) is 0 Å². The van der Waals surface area contributed by atoms with Gasteiger partial charge in [0, 0.05) is 13.2 Å². The van der Waals surface area contributed by atoms with E-state index < -0.39 is 0 Å². The Morgan fingerprint density at radius 3 is 1.83 bits per heavy atom. The normalized spacial score (nSPS) is 27.8. The maximum absolute atomic E-state index is 4.72. The molecule has 2 unspecified atom stereocenters. The molecular formula is C10H23OP. The molecule has 2 fully saturated rings. The molecule has 2 saturated heterocycles. The molecule has 0 radical (unpaired) electrons. The third-order valence-corrected chi connectivity index (χ3v) is 3.51. The van der Waals surface area contributed by atoms with Gasteiger partial charge >= 0.3 is 0 Å². The van der Waals surface area contributed by atoms with Crippen LogP contribution >= 0.6 is 8.58 Å². The van der Waals surface area contributed by atoms with Gasteiger partial charge in [-0.25, -0.2) is 0 Å². The molecule has 0 N–H and O–H groups in total. The van der Waals surface area contributed by atoms with Gasteiger partial charge in [0.1, 0.15) is 0 Å². The predicted molar refractivity (Wildman–Crippen MR) is 58.6 cm³/mol. The highest BCUT2D eigenvalue weighted by Gasteiger charge is 2.07. The topological polar surface area (TPSA) is 9.23 Å². The molecule has 0 aromatic carbocycles. The number of ether oxygens (including phenoxy) is 1. The third-order valence-electron chi connectivity index (χ3n) is 1.88. The average molecular weight is 190 g/mol. The summed E-state index contributed by atoms with van der Waals surface area (Å²) in [5.74, 6) is 1.06. The van der Waals surface area contributed by atoms with E-state index in [-0.39, 0.29) is 0 Å². The second kappa shape index (κ2) is 9.48. The third kappa shape index (κ3) is 7.06. The number of hydrogen-bond donors (Lipinski definition) is 0. The zero-order chi connectivity index (χ0) is 9.23. The molecule has 0 saturated carbocycles. The maximum atomic E-state index is 4.72. The van der Waals surface area contributed by atoms with Crippen LogP contribution in [0.15, 0.2) is 0 Å². The zero-order valence-electron chi connectivity index (χ0n) is 8.73. The highest BCUT2D eigenvalue weighted by Crippen LogP contribution is 2.27. The monoisotopic (exact) mass is 190 g/mol. The van der Waals surface area contributed by atoms with E-state index in [1.165, 1.54) is 33.7 Å². The molecule has 2 aliphatic rings. The summed E-state index contributed by atoms with van der Waals surface area (Å²) in [6.07, 6.45) is 5.81. The first-order valence-electron chi connectivity index (χ1n) is 5.18. The van der Waals surface area contributed by atoms with Crippen molar-refractivity contribution in [1.82, 2.24) is 0 Å². The molecule has 2 atom stereocenters. The van der Waals surface area contributed by atoms with Gasteiger partial charge in [-0.3, -0.25) is 0 Å². The van der Waals surface area contributed by atoms with Gasteiger partial charge in [-0.2, -0.15) is 0 Å². The van der Waals surface area contributed by atoms with Gasteiger partial charge in [0.15, 0.2) is 0 Å². The molecule has 12 heavy (non-hydrogen) atoms. The van der Waals surface area contributed by atoms with Crippen molar-refractivity contribution in [2.75, 3.05) is 25.5 Å². The van der Waals surface area contributed by atoms with Crippen LogP contribution in [0, 0.1) is 5.92 Å². The van der Waals surface area contributed by atoms with E-state index in [1.807, 2.05) is 13.8 Å². The molecule has 2 rings (SSSR count). The summed E-state index contributed by atoms with van der Waals surface area (Å²) in [5.41, 5.74) is 0. The Labute approximate surface area is 79.1 Å². The van der Waals surface area contributed by atoms with Crippen molar-refractivity contribution < 1.29 is 4.74 Å². The smallest absolute Gasteiger partial charge is 0.0488 e. The molecule has 0 aliphatic carbocycles. The fourth-order valence-electron chi connectivity index (χ4n) is 0.943. The van der Waals surface area contributed by atoms with Crippen LogP contribution in [0.2, 0.25) is 0 Å². The lowest BCUT2D eigenvalue weighted by molar-refractivity contribution is 0.0367. The Morgan fingerprint density at radius 1 is 1.25 bits per heavy atom. The van der Waals surface area contributed by atoms with E-state index in [0.717, 1.165) is 19.1 Å². The molecule has 0 spiro atoms. The molecule has 2 aliphatic heterocycles. The van der Waals surface area contributed by atoms with Gasteiger partial charge in [-0.15, -0.1) is 8.58 Å². The van der Waals surface area contributed by atoms with E-state index in [1.54, 1.807) is 0 Å². The Hall–Kier alpha value is 0.390. The Morgan fingerprint density at radius 2 is 1.75 bits per heavy atom.